The zero-order valence-electron chi connectivity index (χ0n) is 12.3. The van der Waals surface area contributed by atoms with Crippen LogP contribution in [0.2, 0.25) is 0 Å². The van der Waals surface area contributed by atoms with E-state index in [4.69, 9.17) is 15.2 Å². The van der Waals surface area contributed by atoms with Gasteiger partial charge in [-0.05, 0) is 25.0 Å². The van der Waals surface area contributed by atoms with Crippen molar-refractivity contribution in [1.82, 2.24) is 0 Å². The quantitative estimate of drug-likeness (QED) is 0.841. The Labute approximate surface area is 120 Å². The van der Waals surface area contributed by atoms with Gasteiger partial charge in [0.2, 0.25) is 0 Å². The Morgan fingerprint density at radius 1 is 1.15 bits per heavy atom. The number of rotatable bonds is 5. The second kappa shape index (κ2) is 6.27. The average molecular weight is 277 g/mol. The van der Waals surface area contributed by atoms with Crippen molar-refractivity contribution in [2.75, 3.05) is 20.8 Å². The van der Waals surface area contributed by atoms with Crippen molar-refractivity contribution in [2.45, 2.75) is 32.1 Å². The zero-order valence-corrected chi connectivity index (χ0v) is 12.3. The summed E-state index contributed by atoms with van der Waals surface area (Å²) >= 11 is 0. The second-order valence-corrected chi connectivity index (χ2v) is 5.41. The highest BCUT2D eigenvalue weighted by Crippen LogP contribution is 2.42. The van der Waals surface area contributed by atoms with Gasteiger partial charge < -0.3 is 15.2 Å². The third-order valence-corrected chi connectivity index (χ3v) is 4.34. The highest BCUT2D eigenvalue weighted by Gasteiger charge is 2.40. The lowest BCUT2D eigenvalue weighted by molar-refractivity contribution is 0.0722. The van der Waals surface area contributed by atoms with Crippen LogP contribution in [-0.4, -0.2) is 26.5 Å². The summed E-state index contributed by atoms with van der Waals surface area (Å²) in [7, 11) is 3.14. The van der Waals surface area contributed by atoms with Crippen LogP contribution in [-0.2, 0) is 0 Å². The van der Waals surface area contributed by atoms with Crippen LogP contribution >= 0.6 is 0 Å². The highest BCUT2D eigenvalue weighted by molar-refractivity contribution is 6.05. The third kappa shape index (κ3) is 2.52. The minimum absolute atomic E-state index is 0.0639. The van der Waals surface area contributed by atoms with Crippen molar-refractivity contribution in [2.24, 2.45) is 11.1 Å². The summed E-state index contributed by atoms with van der Waals surface area (Å²) in [5.41, 5.74) is 6.03. The van der Waals surface area contributed by atoms with Gasteiger partial charge in [0.1, 0.15) is 17.1 Å². The predicted octanol–water partition coefficient (Wildman–Crippen LogP) is 2.80. The molecule has 20 heavy (non-hydrogen) atoms. The van der Waals surface area contributed by atoms with E-state index in [2.05, 4.69) is 0 Å². The van der Waals surface area contributed by atoms with Crippen molar-refractivity contribution in [1.29, 1.82) is 0 Å². The number of hydrogen-bond acceptors (Lipinski definition) is 4. The van der Waals surface area contributed by atoms with Crippen molar-refractivity contribution < 1.29 is 14.3 Å². The van der Waals surface area contributed by atoms with Gasteiger partial charge in [-0.2, -0.15) is 0 Å². The SMILES string of the molecule is COc1cccc(OC)c1C(=O)C1(CN)CCCCC1. The Balaban J connectivity index is 2.46. The first-order chi connectivity index (χ1) is 9.68. The molecule has 0 radical (unpaired) electrons. The normalized spacial score (nSPS) is 17.6. The summed E-state index contributed by atoms with van der Waals surface area (Å²) in [5, 5.41) is 0. The monoisotopic (exact) mass is 277 g/mol. The molecule has 0 heterocycles. The van der Waals surface area contributed by atoms with Crippen LogP contribution in [0.4, 0.5) is 0 Å². The lowest BCUT2D eigenvalue weighted by Gasteiger charge is -2.35. The number of nitrogens with two attached hydrogens (primary N) is 1. The molecule has 0 saturated heterocycles. The summed E-state index contributed by atoms with van der Waals surface area (Å²) in [4.78, 5) is 13.1. The maximum atomic E-state index is 13.1. The standard InChI is InChI=1S/C16H23NO3/c1-19-12-7-6-8-13(20-2)14(12)15(18)16(11-17)9-4-3-5-10-16/h6-8H,3-5,9-11,17H2,1-2H3. The summed E-state index contributed by atoms with van der Waals surface area (Å²) in [6.45, 7) is 0.382. The van der Waals surface area contributed by atoms with E-state index in [1.165, 1.54) is 6.42 Å². The van der Waals surface area contributed by atoms with Crippen LogP contribution in [0.1, 0.15) is 42.5 Å². The minimum atomic E-state index is -0.458. The smallest absolute Gasteiger partial charge is 0.177 e. The molecule has 0 aromatic heterocycles. The van der Waals surface area contributed by atoms with E-state index in [1.807, 2.05) is 6.07 Å². The summed E-state index contributed by atoms with van der Waals surface area (Å²) in [6, 6.07) is 5.41. The molecule has 1 aromatic rings. The number of carbonyl (C=O) groups is 1. The highest BCUT2D eigenvalue weighted by atomic mass is 16.5. The first-order valence-electron chi connectivity index (χ1n) is 7.14. The van der Waals surface area contributed by atoms with Crippen LogP contribution in [0.15, 0.2) is 18.2 Å². The van der Waals surface area contributed by atoms with Crippen LogP contribution in [0, 0.1) is 5.41 Å². The van der Waals surface area contributed by atoms with Crippen molar-refractivity contribution in [3.8, 4) is 11.5 Å². The zero-order chi connectivity index (χ0) is 14.6. The van der Waals surface area contributed by atoms with Gasteiger partial charge in [-0.3, -0.25) is 4.79 Å². The van der Waals surface area contributed by atoms with E-state index in [0.717, 1.165) is 25.7 Å². The van der Waals surface area contributed by atoms with Crippen LogP contribution in [0.25, 0.3) is 0 Å². The van der Waals surface area contributed by atoms with Gasteiger partial charge in [0.15, 0.2) is 5.78 Å². The molecular weight excluding hydrogens is 254 g/mol. The van der Waals surface area contributed by atoms with Crippen molar-refractivity contribution >= 4 is 5.78 Å². The van der Waals surface area contributed by atoms with Crippen LogP contribution in [0.5, 0.6) is 11.5 Å². The molecule has 0 amide bonds. The average Bonchev–Trinajstić information content (AvgIpc) is 2.53. The first kappa shape index (κ1) is 14.9. The van der Waals surface area contributed by atoms with E-state index in [9.17, 15) is 4.79 Å². The molecule has 1 aliphatic rings. The lowest BCUT2D eigenvalue weighted by Crippen LogP contribution is -2.40. The van der Waals surface area contributed by atoms with Gasteiger partial charge in [0, 0.05) is 12.0 Å². The summed E-state index contributed by atoms with van der Waals surface area (Å²) < 4.78 is 10.7. The Morgan fingerprint density at radius 3 is 2.15 bits per heavy atom. The largest absolute Gasteiger partial charge is 0.496 e. The molecule has 1 aliphatic carbocycles. The molecule has 4 heteroatoms. The minimum Gasteiger partial charge on any atom is -0.496 e. The fraction of sp³-hybridized carbons (Fsp3) is 0.562. The van der Waals surface area contributed by atoms with Gasteiger partial charge in [-0.1, -0.05) is 25.3 Å². The van der Waals surface area contributed by atoms with Gasteiger partial charge in [-0.15, -0.1) is 0 Å². The van der Waals surface area contributed by atoms with E-state index in [1.54, 1.807) is 26.4 Å². The second-order valence-electron chi connectivity index (χ2n) is 5.41. The maximum absolute atomic E-state index is 13.1. The maximum Gasteiger partial charge on any atom is 0.177 e. The molecule has 2 rings (SSSR count). The van der Waals surface area contributed by atoms with Crippen LogP contribution in [0.3, 0.4) is 0 Å². The van der Waals surface area contributed by atoms with Crippen molar-refractivity contribution in [3.05, 3.63) is 23.8 Å². The molecule has 4 nitrogen and oxygen atoms in total. The predicted molar refractivity (Wildman–Crippen MR) is 78.4 cm³/mol. The van der Waals surface area contributed by atoms with E-state index in [-0.39, 0.29) is 5.78 Å². The summed E-state index contributed by atoms with van der Waals surface area (Å²) in [6.07, 6.45) is 4.99. The Morgan fingerprint density at radius 2 is 1.70 bits per heavy atom. The van der Waals surface area contributed by atoms with Gasteiger partial charge in [0.25, 0.3) is 0 Å². The summed E-state index contributed by atoms with van der Waals surface area (Å²) in [5.74, 6) is 1.19. The molecule has 0 bridgehead atoms. The van der Waals surface area contributed by atoms with Gasteiger partial charge in [0.05, 0.1) is 14.2 Å². The Hall–Kier alpha value is -1.55. The first-order valence-corrected chi connectivity index (χ1v) is 7.14. The fourth-order valence-electron chi connectivity index (χ4n) is 3.09. The number of carbonyl (C=O) groups excluding carboxylic acids is 1. The molecule has 0 atom stereocenters. The molecule has 1 aromatic carbocycles. The Bertz CT molecular complexity index is 456. The molecular formula is C16H23NO3. The lowest BCUT2D eigenvalue weighted by atomic mass is 9.69. The van der Waals surface area contributed by atoms with Gasteiger partial charge in [-0.25, -0.2) is 0 Å². The van der Waals surface area contributed by atoms with Crippen molar-refractivity contribution in [3.63, 3.8) is 0 Å². The number of Topliss-reactive ketones (excluding diaryl/α,β-unsaturated/α-hetero) is 1. The Kier molecular flexibility index (Phi) is 4.65. The fourth-order valence-corrected chi connectivity index (χ4v) is 3.09. The van der Waals surface area contributed by atoms with Crippen LogP contribution < -0.4 is 15.2 Å². The topological polar surface area (TPSA) is 61.5 Å². The molecule has 0 spiro atoms. The molecule has 1 saturated carbocycles. The molecule has 1 fully saturated rings. The molecule has 2 N–H and O–H groups in total. The molecule has 0 unspecified atom stereocenters. The van der Waals surface area contributed by atoms with Gasteiger partial charge >= 0.3 is 0 Å². The number of hydrogen-bond donors (Lipinski definition) is 1. The van der Waals surface area contributed by atoms with E-state index < -0.39 is 5.41 Å². The molecule has 0 aliphatic heterocycles. The number of methoxy groups -OCH3 is 2. The van der Waals surface area contributed by atoms with E-state index >= 15 is 0 Å². The van der Waals surface area contributed by atoms with E-state index in [0.29, 0.717) is 23.6 Å². The number of ether oxygens (including phenoxy) is 2. The number of benzene rings is 1. The molecule has 110 valence electrons. The third-order valence-electron chi connectivity index (χ3n) is 4.34. The number of ketones is 1.